The van der Waals surface area contributed by atoms with Crippen molar-refractivity contribution in [1.29, 1.82) is 0 Å². The molecule has 103 valence electrons. The molecule has 0 aliphatic rings. The Labute approximate surface area is 125 Å². The zero-order valence-corrected chi connectivity index (χ0v) is 11.4. The van der Waals surface area contributed by atoms with Gasteiger partial charge in [-0.3, -0.25) is 9.97 Å². The smallest absolute Gasteiger partial charge is 0.0876 e. The van der Waals surface area contributed by atoms with E-state index in [4.69, 9.17) is 3.61 Å². The van der Waals surface area contributed by atoms with Crippen molar-refractivity contribution in [3.05, 3.63) is 72.9 Å². The first kappa shape index (κ1) is 14.4. The third-order valence-electron chi connectivity index (χ3n) is 2.66. The van der Waals surface area contributed by atoms with Crippen LogP contribution >= 0.6 is 0 Å². The Morgan fingerprint density at radius 3 is 2.25 bits per heavy atom. The summed E-state index contributed by atoms with van der Waals surface area (Å²) in [5.74, 6) is 0. The Balaban J connectivity index is 0.000000704. The number of pyridine rings is 2. The van der Waals surface area contributed by atoms with Gasteiger partial charge in [-0.15, -0.1) is 35.9 Å². The normalized spacial score (nSPS) is 9.55. The van der Waals surface area contributed by atoms with Gasteiger partial charge in [0.15, 0.2) is 0 Å². The van der Waals surface area contributed by atoms with Crippen LogP contribution in [0.25, 0.3) is 22.6 Å². The molecule has 2 nitrogen and oxygen atoms in total. The van der Waals surface area contributed by atoms with Crippen molar-refractivity contribution in [2.75, 3.05) is 0 Å². The summed E-state index contributed by atoms with van der Waals surface area (Å²) in [7, 11) is 0. The predicted octanol–water partition coefficient (Wildman–Crippen LogP) is 4.03. The molecule has 0 bridgehead atoms. The van der Waals surface area contributed by atoms with E-state index < -0.39 is 0 Å². The van der Waals surface area contributed by atoms with Crippen molar-refractivity contribution in [1.82, 2.24) is 9.97 Å². The Bertz CT molecular complexity index is 590. The van der Waals surface area contributed by atoms with Crippen LogP contribution in [0.2, 0.25) is 0 Å². The molecular formula is C16H11FN2Ni-. The van der Waals surface area contributed by atoms with E-state index in [9.17, 15) is 0 Å². The van der Waals surface area contributed by atoms with Gasteiger partial charge in [-0.2, -0.15) is 0 Å². The van der Waals surface area contributed by atoms with Gasteiger partial charge in [0.25, 0.3) is 0 Å². The molecule has 3 rings (SSSR count). The Morgan fingerprint density at radius 1 is 0.800 bits per heavy atom. The molecular weight excluding hydrogens is 298 g/mol. The van der Waals surface area contributed by atoms with Gasteiger partial charge in [0, 0.05) is 6.20 Å². The standard InChI is InChI=1S/C16H11N2.FH.Ni/c1-2-7-13(8-3-1)14-10-6-11-16(18-14)15-9-4-5-12-17-15;;/h1-7,9-12H;1H;/q-1;;+1/p-1. The van der Waals surface area contributed by atoms with Gasteiger partial charge in [0.1, 0.15) is 0 Å². The molecule has 0 fully saturated rings. The van der Waals surface area contributed by atoms with E-state index in [1.807, 2.05) is 60.7 Å². The molecule has 1 aromatic carbocycles. The molecule has 4 heteroatoms. The Morgan fingerprint density at radius 2 is 1.55 bits per heavy atom. The number of hydrogen-bond acceptors (Lipinski definition) is 2. The SMILES string of the molecule is [F][Ni].[c-]1ccccc1-c1cccc(-c2ccccn2)n1. The molecule has 0 atom stereocenters. The molecule has 0 N–H and O–H groups in total. The van der Waals surface area contributed by atoms with Crippen LogP contribution in [0.5, 0.6) is 0 Å². The molecule has 0 spiro atoms. The van der Waals surface area contributed by atoms with E-state index in [2.05, 4.69) is 31.9 Å². The van der Waals surface area contributed by atoms with Gasteiger partial charge in [0.05, 0.1) is 11.4 Å². The second kappa shape index (κ2) is 7.51. The summed E-state index contributed by atoms with van der Waals surface area (Å²) in [4.78, 5) is 8.93. The van der Waals surface area contributed by atoms with Crippen molar-refractivity contribution in [2.24, 2.45) is 0 Å². The monoisotopic (exact) mass is 308 g/mol. The van der Waals surface area contributed by atoms with Crippen LogP contribution in [0, 0.1) is 6.07 Å². The van der Waals surface area contributed by atoms with Crippen LogP contribution in [-0.4, -0.2) is 9.97 Å². The minimum Gasteiger partial charge on any atom is -0.295 e. The fourth-order valence-electron chi connectivity index (χ4n) is 1.79. The van der Waals surface area contributed by atoms with E-state index in [1.165, 1.54) is 0 Å². The summed E-state index contributed by atoms with van der Waals surface area (Å²) in [6, 6.07) is 22.8. The van der Waals surface area contributed by atoms with Gasteiger partial charge in [0.2, 0.25) is 0 Å². The predicted molar refractivity (Wildman–Crippen MR) is 72.8 cm³/mol. The number of hydrogen-bond donors (Lipinski definition) is 0. The second-order valence-electron chi connectivity index (χ2n) is 3.90. The van der Waals surface area contributed by atoms with E-state index in [0.717, 1.165) is 22.6 Å². The van der Waals surface area contributed by atoms with Crippen LogP contribution in [0.15, 0.2) is 66.9 Å². The zero-order valence-electron chi connectivity index (χ0n) is 10.4. The van der Waals surface area contributed by atoms with Gasteiger partial charge in [-0.05, 0) is 23.9 Å². The molecule has 2 aromatic heterocycles. The summed E-state index contributed by atoms with van der Waals surface area (Å²) >= 11 is 2.38. The van der Waals surface area contributed by atoms with Crippen LogP contribution in [0.3, 0.4) is 0 Å². The number of aromatic nitrogens is 2. The molecule has 0 amide bonds. The fourth-order valence-corrected chi connectivity index (χ4v) is 1.79. The van der Waals surface area contributed by atoms with Crippen LogP contribution in [0.4, 0.5) is 3.61 Å². The average molecular weight is 309 g/mol. The molecule has 0 saturated heterocycles. The minimum absolute atomic E-state index is 0.880. The molecule has 0 saturated carbocycles. The average Bonchev–Trinajstić information content (AvgIpc) is 2.58. The topological polar surface area (TPSA) is 25.8 Å². The third-order valence-corrected chi connectivity index (χ3v) is 2.66. The van der Waals surface area contributed by atoms with Crippen LogP contribution in [0.1, 0.15) is 0 Å². The number of rotatable bonds is 2. The van der Waals surface area contributed by atoms with Gasteiger partial charge < -0.3 is 0 Å². The van der Waals surface area contributed by atoms with Crippen molar-refractivity contribution < 1.29 is 19.5 Å². The summed E-state index contributed by atoms with van der Waals surface area (Å²) in [5.41, 5.74) is 3.68. The zero-order chi connectivity index (χ0) is 14.2. The molecule has 2 heterocycles. The summed E-state index contributed by atoms with van der Waals surface area (Å²) in [6.07, 6.45) is 1.78. The molecule has 0 radical (unpaired) electrons. The summed E-state index contributed by atoms with van der Waals surface area (Å²) < 4.78 is 9.12. The van der Waals surface area contributed by atoms with Crippen molar-refractivity contribution in [3.63, 3.8) is 0 Å². The maximum absolute atomic E-state index is 9.12. The molecule has 20 heavy (non-hydrogen) atoms. The quantitative estimate of drug-likeness (QED) is 0.527. The molecule has 0 unspecified atom stereocenters. The fraction of sp³-hybridized carbons (Fsp3) is 0. The van der Waals surface area contributed by atoms with E-state index in [0.29, 0.717) is 0 Å². The first-order chi connectivity index (χ1) is 9.93. The molecule has 0 aliphatic carbocycles. The van der Waals surface area contributed by atoms with Crippen molar-refractivity contribution in [2.45, 2.75) is 0 Å². The summed E-state index contributed by atoms with van der Waals surface area (Å²) in [5, 5.41) is 0. The first-order valence-electron chi connectivity index (χ1n) is 5.91. The number of nitrogens with zero attached hydrogens (tertiary/aromatic N) is 2. The number of halogens is 1. The largest absolute Gasteiger partial charge is 0.295 e. The third kappa shape index (κ3) is 3.49. The Kier molecular flexibility index (Phi) is 5.39. The maximum Gasteiger partial charge on any atom is 0.0876 e. The van der Waals surface area contributed by atoms with Crippen LogP contribution in [-0.2, 0) is 15.9 Å². The van der Waals surface area contributed by atoms with Gasteiger partial charge in [-0.1, -0.05) is 18.2 Å². The summed E-state index contributed by atoms with van der Waals surface area (Å²) in [6.45, 7) is 0. The minimum atomic E-state index is 0.880. The Hall–Kier alpha value is -2.06. The maximum atomic E-state index is 9.12. The first-order valence-corrected chi connectivity index (χ1v) is 6.28. The second-order valence-corrected chi connectivity index (χ2v) is 3.90. The van der Waals surface area contributed by atoms with Crippen LogP contribution < -0.4 is 0 Å². The van der Waals surface area contributed by atoms with Crippen molar-refractivity contribution >= 4 is 0 Å². The molecule has 0 aliphatic heterocycles. The van der Waals surface area contributed by atoms with Gasteiger partial charge in [-0.25, -0.2) is 0 Å². The molecule has 3 aromatic rings. The van der Waals surface area contributed by atoms with E-state index >= 15 is 0 Å². The number of benzene rings is 1. The van der Waals surface area contributed by atoms with E-state index in [1.54, 1.807) is 6.20 Å². The van der Waals surface area contributed by atoms with Gasteiger partial charge >= 0.3 is 19.5 Å². The van der Waals surface area contributed by atoms with E-state index in [-0.39, 0.29) is 0 Å². The van der Waals surface area contributed by atoms with Crippen molar-refractivity contribution in [3.8, 4) is 22.6 Å².